The third kappa shape index (κ3) is 2.07. The van der Waals surface area contributed by atoms with Crippen LogP contribution in [0.15, 0.2) is 29.6 Å². The van der Waals surface area contributed by atoms with Gasteiger partial charge in [-0.25, -0.2) is 0 Å². The Bertz CT molecular complexity index is 599. The smallest absolute Gasteiger partial charge is 0.0707 e. The standard InChI is InChI=1S/C16H20N2OS/c17-7-15(18-8-11-5-6-12(9-18)19-11)14-10-20-16-4-2-1-3-13(14)16/h1-4,10-12,15H,5-9,17H2. The van der Waals surface area contributed by atoms with Crippen molar-refractivity contribution in [2.45, 2.75) is 31.1 Å². The van der Waals surface area contributed by atoms with Gasteiger partial charge in [-0.1, -0.05) is 18.2 Å². The van der Waals surface area contributed by atoms with Crippen LogP contribution >= 0.6 is 11.3 Å². The Kier molecular flexibility index (Phi) is 3.27. The summed E-state index contributed by atoms with van der Waals surface area (Å²) in [6.07, 6.45) is 3.27. The van der Waals surface area contributed by atoms with Crippen molar-refractivity contribution in [1.29, 1.82) is 0 Å². The van der Waals surface area contributed by atoms with Crippen LogP contribution in [0, 0.1) is 0 Å². The average Bonchev–Trinajstić information content (AvgIpc) is 3.04. The summed E-state index contributed by atoms with van der Waals surface area (Å²) in [5, 5.41) is 3.66. The molecule has 3 nitrogen and oxygen atoms in total. The normalized spacial score (nSPS) is 28.1. The zero-order valence-corrected chi connectivity index (χ0v) is 12.3. The highest BCUT2D eigenvalue weighted by Gasteiger charge is 2.37. The maximum atomic E-state index is 6.12. The summed E-state index contributed by atoms with van der Waals surface area (Å²) >= 11 is 1.83. The van der Waals surface area contributed by atoms with Gasteiger partial charge in [0, 0.05) is 30.4 Å². The van der Waals surface area contributed by atoms with Gasteiger partial charge in [0.2, 0.25) is 0 Å². The van der Waals surface area contributed by atoms with Crippen molar-refractivity contribution in [2.75, 3.05) is 19.6 Å². The fourth-order valence-corrected chi connectivity index (χ4v) is 4.64. The summed E-state index contributed by atoms with van der Waals surface area (Å²) in [6.45, 7) is 2.74. The molecule has 1 aromatic carbocycles. The fraction of sp³-hybridized carbons (Fsp3) is 0.500. The molecule has 2 saturated heterocycles. The predicted octanol–water partition coefficient (Wildman–Crippen LogP) is 2.76. The minimum absolute atomic E-state index is 0.332. The third-order valence-corrected chi connectivity index (χ3v) is 5.59. The maximum Gasteiger partial charge on any atom is 0.0707 e. The van der Waals surface area contributed by atoms with E-state index in [1.54, 1.807) is 0 Å². The number of nitrogens with two attached hydrogens (primary N) is 1. The number of thiophene rings is 1. The second kappa shape index (κ2) is 5.11. The van der Waals surface area contributed by atoms with Crippen LogP contribution in [-0.2, 0) is 4.74 Å². The number of benzene rings is 1. The number of hydrogen-bond acceptors (Lipinski definition) is 4. The third-order valence-electron chi connectivity index (χ3n) is 4.61. The Morgan fingerprint density at radius 1 is 1.25 bits per heavy atom. The van der Waals surface area contributed by atoms with Gasteiger partial charge in [-0.15, -0.1) is 11.3 Å². The van der Waals surface area contributed by atoms with Gasteiger partial charge in [-0.05, 0) is 35.2 Å². The van der Waals surface area contributed by atoms with Crippen LogP contribution < -0.4 is 5.73 Å². The van der Waals surface area contributed by atoms with Gasteiger partial charge in [0.05, 0.1) is 12.2 Å². The molecule has 2 aliphatic heterocycles. The minimum atomic E-state index is 0.332. The lowest BCUT2D eigenvalue weighted by molar-refractivity contribution is -0.0518. The van der Waals surface area contributed by atoms with Gasteiger partial charge in [-0.3, -0.25) is 4.90 Å². The van der Waals surface area contributed by atoms with E-state index in [4.69, 9.17) is 10.5 Å². The van der Waals surface area contributed by atoms with Gasteiger partial charge in [0.15, 0.2) is 0 Å². The van der Waals surface area contributed by atoms with Crippen LogP contribution in [0.3, 0.4) is 0 Å². The number of ether oxygens (including phenoxy) is 1. The first-order valence-electron chi connectivity index (χ1n) is 7.41. The van der Waals surface area contributed by atoms with Crippen LogP contribution in [-0.4, -0.2) is 36.7 Å². The fourth-order valence-electron chi connectivity index (χ4n) is 3.63. The second-order valence-electron chi connectivity index (χ2n) is 5.85. The molecule has 2 aliphatic rings. The van der Waals surface area contributed by atoms with E-state index in [2.05, 4.69) is 34.5 Å². The van der Waals surface area contributed by atoms with Crippen molar-refractivity contribution in [3.8, 4) is 0 Å². The van der Waals surface area contributed by atoms with Crippen molar-refractivity contribution in [3.63, 3.8) is 0 Å². The van der Waals surface area contributed by atoms with E-state index in [1.165, 1.54) is 28.5 Å². The SMILES string of the molecule is NCC(c1csc2ccccc12)N1CC2CCC(C1)O2. The number of likely N-dealkylation sites (tertiary alicyclic amines) is 1. The van der Waals surface area contributed by atoms with Crippen LogP contribution in [0.1, 0.15) is 24.4 Å². The number of nitrogens with zero attached hydrogens (tertiary/aromatic N) is 1. The number of fused-ring (bicyclic) bond motifs is 3. The molecular formula is C16H20N2OS. The van der Waals surface area contributed by atoms with Gasteiger partial charge in [0.1, 0.15) is 0 Å². The first-order chi connectivity index (χ1) is 9.85. The number of morpholine rings is 1. The van der Waals surface area contributed by atoms with Gasteiger partial charge in [-0.2, -0.15) is 0 Å². The van der Waals surface area contributed by atoms with E-state index in [9.17, 15) is 0 Å². The highest BCUT2D eigenvalue weighted by atomic mass is 32.1. The predicted molar refractivity (Wildman–Crippen MR) is 83.1 cm³/mol. The Labute approximate surface area is 123 Å². The maximum absolute atomic E-state index is 6.12. The summed E-state index contributed by atoms with van der Waals surface area (Å²) in [5.74, 6) is 0. The van der Waals surface area contributed by atoms with E-state index in [0.717, 1.165) is 13.1 Å². The molecule has 0 aliphatic carbocycles. The van der Waals surface area contributed by atoms with E-state index in [0.29, 0.717) is 24.8 Å². The molecule has 1 aromatic heterocycles. The first kappa shape index (κ1) is 12.8. The van der Waals surface area contributed by atoms with Crippen molar-refractivity contribution in [3.05, 3.63) is 35.2 Å². The van der Waals surface area contributed by atoms with Crippen molar-refractivity contribution in [2.24, 2.45) is 5.73 Å². The molecule has 2 N–H and O–H groups in total. The van der Waals surface area contributed by atoms with Crippen molar-refractivity contribution >= 4 is 21.4 Å². The topological polar surface area (TPSA) is 38.5 Å². The minimum Gasteiger partial charge on any atom is -0.372 e. The lowest BCUT2D eigenvalue weighted by Crippen LogP contribution is -2.46. The molecule has 4 heteroatoms. The van der Waals surface area contributed by atoms with Crippen LogP contribution in [0.2, 0.25) is 0 Å². The zero-order chi connectivity index (χ0) is 13.5. The summed E-state index contributed by atoms with van der Waals surface area (Å²) in [5.41, 5.74) is 7.52. The van der Waals surface area contributed by atoms with Crippen LogP contribution in [0.5, 0.6) is 0 Å². The van der Waals surface area contributed by atoms with Crippen LogP contribution in [0.4, 0.5) is 0 Å². The van der Waals surface area contributed by atoms with Crippen molar-refractivity contribution < 1.29 is 4.74 Å². The summed E-state index contributed by atoms with van der Waals surface area (Å²) in [4.78, 5) is 2.54. The van der Waals surface area contributed by atoms with Crippen molar-refractivity contribution in [1.82, 2.24) is 4.90 Å². The molecule has 3 unspecified atom stereocenters. The Morgan fingerprint density at radius 2 is 2.00 bits per heavy atom. The summed E-state index contributed by atoms with van der Waals surface area (Å²) < 4.78 is 7.31. The lowest BCUT2D eigenvalue weighted by atomic mass is 10.0. The van der Waals surface area contributed by atoms with Crippen LogP contribution in [0.25, 0.3) is 10.1 Å². The van der Waals surface area contributed by atoms with E-state index in [-0.39, 0.29) is 0 Å². The summed E-state index contributed by atoms with van der Waals surface area (Å²) in [7, 11) is 0. The van der Waals surface area contributed by atoms with Gasteiger partial charge < -0.3 is 10.5 Å². The molecule has 3 atom stereocenters. The molecule has 2 fully saturated rings. The molecule has 0 amide bonds. The largest absolute Gasteiger partial charge is 0.372 e. The van der Waals surface area contributed by atoms with Gasteiger partial charge in [0.25, 0.3) is 0 Å². The first-order valence-corrected chi connectivity index (χ1v) is 8.29. The Hall–Kier alpha value is -0.940. The molecule has 2 aromatic rings. The van der Waals surface area contributed by atoms with E-state index in [1.807, 2.05) is 11.3 Å². The van der Waals surface area contributed by atoms with E-state index >= 15 is 0 Å². The molecule has 106 valence electrons. The van der Waals surface area contributed by atoms with Gasteiger partial charge >= 0.3 is 0 Å². The molecule has 3 heterocycles. The Balaban J connectivity index is 1.67. The molecule has 2 bridgehead atoms. The number of hydrogen-bond donors (Lipinski definition) is 1. The molecule has 0 radical (unpaired) electrons. The average molecular weight is 288 g/mol. The highest BCUT2D eigenvalue weighted by molar-refractivity contribution is 7.17. The zero-order valence-electron chi connectivity index (χ0n) is 11.5. The highest BCUT2D eigenvalue weighted by Crippen LogP contribution is 2.36. The lowest BCUT2D eigenvalue weighted by Gasteiger charge is -2.37. The Morgan fingerprint density at radius 3 is 2.75 bits per heavy atom. The summed E-state index contributed by atoms with van der Waals surface area (Å²) in [6, 6.07) is 8.97. The molecule has 4 rings (SSSR count). The quantitative estimate of drug-likeness (QED) is 0.944. The second-order valence-corrected chi connectivity index (χ2v) is 6.76. The van der Waals surface area contributed by atoms with E-state index < -0.39 is 0 Å². The monoisotopic (exact) mass is 288 g/mol. The number of rotatable bonds is 3. The molecule has 0 spiro atoms. The molecule has 20 heavy (non-hydrogen) atoms. The molecular weight excluding hydrogens is 268 g/mol. The molecule has 0 saturated carbocycles.